The molecular weight excluding hydrogens is 268 g/mol. The monoisotopic (exact) mass is 282 g/mol. The second-order valence-electron chi connectivity index (χ2n) is 3.92. The van der Waals surface area contributed by atoms with Crippen LogP contribution in [0, 0.1) is 6.92 Å². The van der Waals surface area contributed by atoms with Gasteiger partial charge in [0.15, 0.2) is 0 Å². The van der Waals surface area contributed by atoms with E-state index in [0.29, 0.717) is 10.7 Å². The third kappa shape index (κ3) is 4.30. The predicted octanol–water partition coefficient (Wildman–Crippen LogP) is 2.75. The molecule has 0 spiro atoms. The van der Waals surface area contributed by atoms with Crippen molar-refractivity contribution in [1.82, 2.24) is 4.90 Å². The molecule has 0 aromatic heterocycles. The van der Waals surface area contributed by atoms with Crippen LogP contribution in [0.5, 0.6) is 0 Å². The number of carbonyl (C=O) groups is 2. The topological polar surface area (TPSA) is 69.6 Å². The van der Waals surface area contributed by atoms with E-state index in [1.54, 1.807) is 25.1 Å². The molecule has 102 valence electrons. The number of amides is 2. The molecule has 0 atom stereocenters. The van der Waals surface area contributed by atoms with E-state index in [0.717, 1.165) is 10.5 Å². The third-order valence-electron chi connectivity index (χ3n) is 2.42. The number of benzene rings is 1. The lowest BCUT2D eigenvalue weighted by Crippen LogP contribution is -2.39. The maximum atomic E-state index is 12.0. The lowest BCUT2D eigenvalue weighted by atomic mass is 10.2. The molecule has 0 aliphatic rings. The number of urea groups is 1. The van der Waals surface area contributed by atoms with Crippen LogP contribution in [0.4, 0.5) is 10.5 Å². The van der Waals surface area contributed by atoms with Crippen molar-refractivity contribution in [2.45, 2.75) is 6.92 Å². The summed E-state index contributed by atoms with van der Waals surface area (Å²) in [5.41, 5.74) is 1.28. The zero-order chi connectivity index (χ0) is 14.4. The Morgan fingerprint density at radius 2 is 2.21 bits per heavy atom. The number of halogens is 1. The second-order valence-corrected chi connectivity index (χ2v) is 4.33. The fraction of sp³-hybridized carbons (Fsp3) is 0.231. The fourth-order valence-corrected chi connectivity index (χ4v) is 1.78. The fourth-order valence-electron chi connectivity index (χ4n) is 1.51. The Labute approximate surface area is 116 Å². The number of para-hydroxylation sites is 1. The van der Waals surface area contributed by atoms with Crippen LogP contribution in [-0.4, -0.2) is 35.1 Å². The van der Waals surface area contributed by atoms with Crippen molar-refractivity contribution in [2.24, 2.45) is 0 Å². The van der Waals surface area contributed by atoms with Crippen molar-refractivity contribution in [3.05, 3.63) is 41.4 Å². The summed E-state index contributed by atoms with van der Waals surface area (Å²) in [6, 6.07) is 4.69. The molecule has 0 bridgehead atoms. The zero-order valence-electron chi connectivity index (χ0n) is 10.5. The van der Waals surface area contributed by atoms with Crippen molar-refractivity contribution in [2.75, 3.05) is 18.4 Å². The molecule has 1 rings (SSSR count). The van der Waals surface area contributed by atoms with Gasteiger partial charge in [-0.25, -0.2) is 4.79 Å². The van der Waals surface area contributed by atoms with E-state index in [4.69, 9.17) is 16.7 Å². The average molecular weight is 283 g/mol. The van der Waals surface area contributed by atoms with Gasteiger partial charge < -0.3 is 15.3 Å². The zero-order valence-corrected chi connectivity index (χ0v) is 11.3. The molecule has 0 radical (unpaired) electrons. The van der Waals surface area contributed by atoms with Crippen LogP contribution in [0.15, 0.2) is 30.9 Å². The Bertz CT molecular complexity index is 482. The molecule has 2 N–H and O–H groups in total. The van der Waals surface area contributed by atoms with E-state index in [-0.39, 0.29) is 6.54 Å². The van der Waals surface area contributed by atoms with E-state index < -0.39 is 18.5 Å². The van der Waals surface area contributed by atoms with Crippen LogP contribution in [0.2, 0.25) is 5.02 Å². The first kappa shape index (κ1) is 15.0. The van der Waals surface area contributed by atoms with Crippen LogP contribution in [0.3, 0.4) is 0 Å². The molecule has 0 unspecified atom stereocenters. The Morgan fingerprint density at radius 3 is 2.74 bits per heavy atom. The molecule has 5 nitrogen and oxygen atoms in total. The van der Waals surface area contributed by atoms with Crippen molar-refractivity contribution < 1.29 is 14.7 Å². The van der Waals surface area contributed by atoms with Crippen LogP contribution >= 0.6 is 11.6 Å². The molecule has 6 heteroatoms. The van der Waals surface area contributed by atoms with Gasteiger partial charge in [-0.05, 0) is 18.6 Å². The number of aryl methyl sites for hydroxylation is 1. The molecule has 0 saturated heterocycles. The van der Waals surface area contributed by atoms with Crippen LogP contribution in [0.1, 0.15) is 5.56 Å². The van der Waals surface area contributed by atoms with E-state index in [1.165, 1.54) is 6.08 Å². The van der Waals surface area contributed by atoms with Crippen LogP contribution in [-0.2, 0) is 4.79 Å². The van der Waals surface area contributed by atoms with E-state index in [2.05, 4.69) is 11.9 Å². The van der Waals surface area contributed by atoms with Gasteiger partial charge in [-0.3, -0.25) is 4.79 Å². The Morgan fingerprint density at radius 1 is 1.53 bits per heavy atom. The first-order chi connectivity index (χ1) is 8.95. The number of carboxylic acids is 1. The largest absolute Gasteiger partial charge is 0.480 e. The van der Waals surface area contributed by atoms with Crippen LogP contribution < -0.4 is 5.32 Å². The molecule has 1 aromatic rings. The van der Waals surface area contributed by atoms with Crippen molar-refractivity contribution in [1.29, 1.82) is 0 Å². The molecule has 0 aliphatic heterocycles. The van der Waals surface area contributed by atoms with Gasteiger partial charge in [-0.1, -0.05) is 29.8 Å². The number of aliphatic carboxylic acids is 1. The van der Waals surface area contributed by atoms with Gasteiger partial charge in [0.05, 0.1) is 10.7 Å². The Balaban J connectivity index is 2.86. The summed E-state index contributed by atoms with van der Waals surface area (Å²) in [5, 5.41) is 11.8. The van der Waals surface area contributed by atoms with Crippen molar-refractivity contribution >= 4 is 29.3 Å². The summed E-state index contributed by atoms with van der Waals surface area (Å²) in [7, 11) is 0. The van der Waals surface area contributed by atoms with Crippen molar-refractivity contribution in [3.8, 4) is 0 Å². The number of anilines is 1. The van der Waals surface area contributed by atoms with Crippen LogP contribution in [0.25, 0.3) is 0 Å². The molecule has 0 saturated carbocycles. The normalized spacial score (nSPS) is 9.79. The molecular formula is C13H15ClN2O3. The number of nitrogens with one attached hydrogen (secondary N) is 1. The lowest BCUT2D eigenvalue weighted by Gasteiger charge is -2.20. The highest BCUT2D eigenvalue weighted by Crippen LogP contribution is 2.25. The summed E-state index contributed by atoms with van der Waals surface area (Å²) < 4.78 is 0. The minimum absolute atomic E-state index is 0.141. The van der Waals surface area contributed by atoms with Gasteiger partial charge in [-0.15, -0.1) is 6.58 Å². The van der Waals surface area contributed by atoms with Gasteiger partial charge in [0.2, 0.25) is 0 Å². The number of nitrogens with zero attached hydrogens (tertiary/aromatic N) is 1. The summed E-state index contributed by atoms with van der Waals surface area (Å²) >= 11 is 5.99. The maximum absolute atomic E-state index is 12.0. The van der Waals surface area contributed by atoms with E-state index in [9.17, 15) is 9.59 Å². The molecule has 1 aromatic carbocycles. The minimum atomic E-state index is -1.09. The molecule has 0 aliphatic carbocycles. The van der Waals surface area contributed by atoms with Gasteiger partial charge >= 0.3 is 12.0 Å². The highest BCUT2D eigenvalue weighted by Gasteiger charge is 2.17. The van der Waals surface area contributed by atoms with E-state index >= 15 is 0 Å². The first-order valence-corrected chi connectivity index (χ1v) is 5.97. The average Bonchev–Trinajstić information content (AvgIpc) is 2.32. The summed E-state index contributed by atoms with van der Waals surface area (Å²) in [6.45, 7) is 5.03. The molecule has 2 amide bonds. The molecule has 0 heterocycles. The van der Waals surface area contributed by atoms with Gasteiger partial charge in [0.1, 0.15) is 6.54 Å². The maximum Gasteiger partial charge on any atom is 0.323 e. The SMILES string of the molecule is C=CCN(CC(=O)O)C(=O)Nc1c(C)cccc1Cl. The molecule has 19 heavy (non-hydrogen) atoms. The number of carbonyl (C=O) groups excluding carboxylic acids is 1. The first-order valence-electron chi connectivity index (χ1n) is 5.59. The number of hydrogen-bond donors (Lipinski definition) is 2. The Hall–Kier alpha value is -2.01. The highest BCUT2D eigenvalue weighted by atomic mass is 35.5. The smallest absolute Gasteiger partial charge is 0.323 e. The highest BCUT2D eigenvalue weighted by molar-refractivity contribution is 6.33. The second kappa shape index (κ2) is 6.80. The quantitative estimate of drug-likeness (QED) is 0.816. The minimum Gasteiger partial charge on any atom is -0.480 e. The van der Waals surface area contributed by atoms with Crippen molar-refractivity contribution in [3.63, 3.8) is 0 Å². The third-order valence-corrected chi connectivity index (χ3v) is 2.73. The number of rotatable bonds is 5. The van der Waals surface area contributed by atoms with Gasteiger partial charge in [-0.2, -0.15) is 0 Å². The van der Waals surface area contributed by atoms with E-state index in [1.807, 2.05) is 0 Å². The predicted molar refractivity (Wildman–Crippen MR) is 74.6 cm³/mol. The van der Waals surface area contributed by atoms with Gasteiger partial charge in [0, 0.05) is 6.54 Å². The van der Waals surface area contributed by atoms with Gasteiger partial charge in [0.25, 0.3) is 0 Å². The Kier molecular flexibility index (Phi) is 5.38. The summed E-state index contributed by atoms with van der Waals surface area (Å²) in [5.74, 6) is -1.09. The number of carboxylic acid groups (broad SMARTS) is 1. The summed E-state index contributed by atoms with van der Waals surface area (Å²) in [6.07, 6.45) is 1.46. The lowest BCUT2D eigenvalue weighted by molar-refractivity contribution is -0.137. The number of hydrogen-bond acceptors (Lipinski definition) is 2. The summed E-state index contributed by atoms with van der Waals surface area (Å²) in [4.78, 5) is 23.8. The standard InChI is InChI=1S/C13H15ClN2O3/c1-3-7-16(8-11(17)18)13(19)15-12-9(2)5-4-6-10(12)14/h3-6H,1,7-8H2,2H3,(H,15,19)(H,17,18). The molecule has 0 fully saturated rings.